The quantitative estimate of drug-likeness (QED) is 0.383. The van der Waals surface area contributed by atoms with Crippen LogP contribution in [0.15, 0.2) is 18.2 Å². The van der Waals surface area contributed by atoms with Gasteiger partial charge in [-0.05, 0) is 18.2 Å². The molecule has 66 valence electrons. The summed E-state index contributed by atoms with van der Waals surface area (Å²) in [5, 5.41) is 0. The molecule has 0 amide bonds. The van der Waals surface area contributed by atoms with E-state index in [1.807, 2.05) is 0 Å². The standard InChI is InChI=1S/C10H6ClFO/c11-5-1-2-8-3-4-10(12)6-9(8)7-13/h3-4,6-7H,5H2. The van der Waals surface area contributed by atoms with Crippen LogP contribution in [0.25, 0.3) is 0 Å². The zero-order valence-electron chi connectivity index (χ0n) is 6.68. The first-order valence-electron chi connectivity index (χ1n) is 3.57. The summed E-state index contributed by atoms with van der Waals surface area (Å²) in [5.74, 6) is 5.00. The Bertz CT molecular complexity index is 376. The van der Waals surface area contributed by atoms with Crippen LogP contribution in [0.2, 0.25) is 0 Å². The van der Waals surface area contributed by atoms with E-state index in [-0.39, 0.29) is 11.4 Å². The summed E-state index contributed by atoms with van der Waals surface area (Å²) >= 11 is 5.34. The average Bonchev–Trinajstić information content (AvgIpc) is 2.16. The van der Waals surface area contributed by atoms with E-state index in [9.17, 15) is 9.18 Å². The first-order valence-corrected chi connectivity index (χ1v) is 4.11. The lowest BCUT2D eigenvalue weighted by molar-refractivity contribution is 0.112. The second-order valence-electron chi connectivity index (χ2n) is 2.28. The van der Waals surface area contributed by atoms with Gasteiger partial charge in [0.25, 0.3) is 0 Å². The van der Waals surface area contributed by atoms with E-state index in [2.05, 4.69) is 11.8 Å². The van der Waals surface area contributed by atoms with Gasteiger partial charge in [-0.3, -0.25) is 4.79 Å². The fourth-order valence-corrected chi connectivity index (χ4v) is 0.940. The number of halogens is 2. The van der Waals surface area contributed by atoms with Crippen molar-refractivity contribution in [3.05, 3.63) is 35.1 Å². The van der Waals surface area contributed by atoms with Crippen molar-refractivity contribution < 1.29 is 9.18 Å². The van der Waals surface area contributed by atoms with Crippen molar-refractivity contribution in [1.82, 2.24) is 0 Å². The molecule has 1 aromatic carbocycles. The van der Waals surface area contributed by atoms with E-state index in [1.165, 1.54) is 12.1 Å². The molecule has 0 radical (unpaired) electrons. The van der Waals surface area contributed by atoms with Gasteiger partial charge in [0.2, 0.25) is 0 Å². The fourth-order valence-electron chi connectivity index (χ4n) is 0.874. The maximum Gasteiger partial charge on any atom is 0.151 e. The molecule has 0 aromatic heterocycles. The summed E-state index contributed by atoms with van der Waals surface area (Å²) in [5.41, 5.74) is 0.745. The smallest absolute Gasteiger partial charge is 0.151 e. The minimum atomic E-state index is -0.446. The lowest BCUT2D eigenvalue weighted by Gasteiger charge is -1.95. The third-order valence-corrected chi connectivity index (χ3v) is 1.56. The predicted octanol–water partition coefficient (Wildman–Crippen LogP) is 2.23. The van der Waals surface area contributed by atoms with Crippen LogP contribution in [-0.4, -0.2) is 12.2 Å². The summed E-state index contributed by atoms with van der Waals surface area (Å²) in [7, 11) is 0. The van der Waals surface area contributed by atoms with Crippen molar-refractivity contribution in [2.24, 2.45) is 0 Å². The van der Waals surface area contributed by atoms with Gasteiger partial charge in [-0.25, -0.2) is 4.39 Å². The summed E-state index contributed by atoms with van der Waals surface area (Å²) in [6.07, 6.45) is 0.571. The molecule has 0 atom stereocenters. The van der Waals surface area contributed by atoms with E-state index in [0.717, 1.165) is 6.07 Å². The van der Waals surface area contributed by atoms with Crippen molar-refractivity contribution in [1.29, 1.82) is 0 Å². The monoisotopic (exact) mass is 196 g/mol. The van der Waals surface area contributed by atoms with E-state index in [0.29, 0.717) is 11.8 Å². The van der Waals surface area contributed by atoms with Crippen LogP contribution in [0.1, 0.15) is 15.9 Å². The normalized spacial score (nSPS) is 8.77. The van der Waals surface area contributed by atoms with Crippen LogP contribution < -0.4 is 0 Å². The van der Waals surface area contributed by atoms with Crippen molar-refractivity contribution in [2.45, 2.75) is 0 Å². The number of rotatable bonds is 1. The van der Waals surface area contributed by atoms with E-state index < -0.39 is 5.82 Å². The number of carbonyl (C=O) groups is 1. The number of hydrogen-bond donors (Lipinski definition) is 0. The van der Waals surface area contributed by atoms with Crippen LogP contribution in [0.3, 0.4) is 0 Å². The molecule has 0 saturated carbocycles. The number of alkyl halides is 1. The van der Waals surface area contributed by atoms with Gasteiger partial charge in [-0.2, -0.15) is 0 Å². The molecule has 0 bridgehead atoms. The zero-order chi connectivity index (χ0) is 9.68. The van der Waals surface area contributed by atoms with Gasteiger partial charge in [0.1, 0.15) is 5.82 Å². The second-order valence-corrected chi connectivity index (χ2v) is 2.55. The Morgan fingerprint density at radius 3 is 2.92 bits per heavy atom. The fraction of sp³-hybridized carbons (Fsp3) is 0.100. The lowest BCUT2D eigenvalue weighted by atomic mass is 10.1. The molecule has 0 N–H and O–H groups in total. The molecule has 3 heteroatoms. The minimum absolute atomic E-state index is 0.190. The molecule has 0 fully saturated rings. The number of hydrogen-bond acceptors (Lipinski definition) is 1. The topological polar surface area (TPSA) is 17.1 Å². The highest BCUT2D eigenvalue weighted by Gasteiger charge is 1.99. The first-order chi connectivity index (χ1) is 6.27. The summed E-state index contributed by atoms with van der Waals surface area (Å²) in [4.78, 5) is 10.5. The molecule has 1 rings (SSSR count). The van der Waals surface area contributed by atoms with Gasteiger partial charge in [-0.1, -0.05) is 11.8 Å². The highest BCUT2D eigenvalue weighted by Crippen LogP contribution is 2.07. The molecule has 0 unspecified atom stereocenters. The van der Waals surface area contributed by atoms with Crippen LogP contribution in [-0.2, 0) is 0 Å². The van der Waals surface area contributed by atoms with Crippen molar-refractivity contribution in [3.8, 4) is 11.8 Å². The minimum Gasteiger partial charge on any atom is -0.298 e. The Morgan fingerprint density at radius 2 is 2.31 bits per heavy atom. The molecule has 1 nitrogen and oxygen atoms in total. The highest BCUT2D eigenvalue weighted by molar-refractivity contribution is 6.19. The molecular formula is C10H6ClFO. The molecular weight excluding hydrogens is 191 g/mol. The molecule has 0 aliphatic heterocycles. The van der Waals surface area contributed by atoms with Crippen molar-refractivity contribution in [2.75, 3.05) is 5.88 Å². The number of carbonyl (C=O) groups excluding carboxylic acids is 1. The third kappa shape index (κ3) is 2.57. The molecule has 0 heterocycles. The maximum absolute atomic E-state index is 12.6. The van der Waals surface area contributed by atoms with Crippen LogP contribution in [0.4, 0.5) is 4.39 Å². The predicted molar refractivity (Wildman–Crippen MR) is 49.4 cm³/mol. The molecule has 0 aliphatic rings. The maximum atomic E-state index is 12.6. The Labute approximate surface area is 80.5 Å². The largest absolute Gasteiger partial charge is 0.298 e. The lowest BCUT2D eigenvalue weighted by Crippen LogP contribution is -1.88. The Hall–Kier alpha value is -1.33. The van der Waals surface area contributed by atoms with Gasteiger partial charge in [0, 0.05) is 11.1 Å². The second kappa shape index (κ2) is 4.64. The number of aldehydes is 1. The van der Waals surface area contributed by atoms with Crippen molar-refractivity contribution >= 4 is 17.9 Å². The molecule has 1 aromatic rings. The van der Waals surface area contributed by atoms with E-state index in [1.54, 1.807) is 0 Å². The zero-order valence-corrected chi connectivity index (χ0v) is 7.44. The summed E-state index contributed by atoms with van der Waals surface area (Å²) < 4.78 is 12.6. The van der Waals surface area contributed by atoms with Gasteiger partial charge in [-0.15, -0.1) is 11.6 Å². The number of benzene rings is 1. The Morgan fingerprint density at radius 1 is 1.54 bits per heavy atom. The third-order valence-electron chi connectivity index (χ3n) is 1.43. The molecule has 0 spiro atoms. The summed E-state index contributed by atoms with van der Waals surface area (Å²) in [6.45, 7) is 0. The van der Waals surface area contributed by atoms with E-state index >= 15 is 0 Å². The Kier molecular flexibility index (Phi) is 3.48. The van der Waals surface area contributed by atoms with Gasteiger partial charge in [0.15, 0.2) is 6.29 Å². The molecule has 0 saturated heterocycles. The van der Waals surface area contributed by atoms with Crippen LogP contribution in [0.5, 0.6) is 0 Å². The highest BCUT2D eigenvalue weighted by atomic mass is 35.5. The molecule has 0 aliphatic carbocycles. The van der Waals surface area contributed by atoms with Gasteiger partial charge >= 0.3 is 0 Å². The summed E-state index contributed by atoms with van der Waals surface area (Å²) in [6, 6.07) is 3.86. The first kappa shape index (κ1) is 9.76. The SMILES string of the molecule is O=Cc1cc(F)ccc1C#CCCl. The van der Waals surface area contributed by atoms with Crippen LogP contribution in [0, 0.1) is 17.7 Å². The van der Waals surface area contributed by atoms with Crippen molar-refractivity contribution in [3.63, 3.8) is 0 Å². The van der Waals surface area contributed by atoms with Crippen LogP contribution >= 0.6 is 11.6 Å². The van der Waals surface area contributed by atoms with Gasteiger partial charge < -0.3 is 0 Å². The average molecular weight is 197 g/mol. The molecule has 13 heavy (non-hydrogen) atoms. The Balaban J connectivity index is 3.13. The van der Waals surface area contributed by atoms with Gasteiger partial charge in [0.05, 0.1) is 5.88 Å². The van der Waals surface area contributed by atoms with E-state index in [4.69, 9.17) is 11.6 Å².